The Morgan fingerprint density at radius 2 is 1.81 bits per heavy atom. The molecule has 0 aliphatic carbocycles. The Hall–Kier alpha value is -1.35. The maximum Gasteiger partial charge on any atom is 0.302 e. The number of rotatable bonds is 10. The van der Waals surface area contributed by atoms with Crippen molar-refractivity contribution in [3.05, 3.63) is 35.4 Å². The molecular weight excluding hydrogens is 264 g/mol. The highest BCUT2D eigenvalue weighted by atomic mass is 16.5. The van der Waals surface area contributed by atoms with Gasteiger partial charge in [0.25, 0.3) is 0 Å². The van der Waals surface area contributed by atoms with Gasteiger partial charge in [-0.1, -0.05) is 63.3 Å². The van der Waals surface area contributed by atoms with Crippen LogP contribution in [0.2, 0.25) is 0 Å². The van der Waals surface area contributed by atoms with Crippen molar-refractivity contribution in [3.63, 3.8) is 0 Å². The van der Waals surface area contributed by atoms with Gasteiger partial charge in [0.1, 0.15) is 0 Å². The third kappa shape index (κ3) is 7.86. The summed E-state index contributed by atoms with van der Waals surface area (Å²) >= 11 is 0. The first-order valence-electron chi connectivity index (χ1n) is 8.03. The summed E-state index contributed by atoms with van der Waals surface area (Å²) < 4.78 is 4.92. The Labute approximate surface area is 128 Å². The molecule has 3 nitrogen and oxygen atoms in total. The van der Waals surface area contributed by atoms with E-state index < -0.39 is 0 Å². The van der Waals surface area contributed by atoms with Crippen LogP contribution in [0.4, 0.5) is 0 Å². The van der Waals surface area contributed by atoms with E-state index in [2.05, 4.69) is 6.92 Å². The first kappa shape index (κ1) is 17.7. The maximum atomic E-state index is 10.7. The SMILES string of the molecule is CCCCCCCC(O)c1ccc(CCOC(C)=O)cc1. The largest absolute Gasteiger partial charge is 0.466 e. The van der Waals surface area contributed by atoms with E-state index in [1.54, 1.807) is 0 Å². The standard InChI is InChI=1S/C18H28O3/c1-3-4-5-6-7-8-18(20)17-11-9-16(10-12-17)13-14-21-15(2)19/h9-12,18,20H,3-8,13-14H2,1-2H3. The van der Waals surface area contributed by atoms with Crippen molar-refractivity contribution in [2.45, 2.75) is 64.9 Å². The fraction of sp³-hybridized carbons (Fsp3) is 0.611. The van der Waals surface area contributed by atoms with E-state index in [1.807, 2.05) is 24.3 Å². The highest BCUT2D eigenvalue weighted by molar-refractivity contribution is 5.65. The van der Waals surface area contributed by atoms with Crippen molar-refractivity contribution in [2.24, 2.45) is 0 Å². The zero-order chi connectivity index (χ0) is 15.5. The quantitative estimate of drug-likeness (QED) is 0.519. The molecule has 0 bridgehead atoms. The van der Waals surface area contributed by atoms with Crippen LogP contribution in [0.3, 0.4) is 0 Å². The van der Waals surface area contributed by atoms with E-state index in [4.69, 9.17) is 4.74 Å². The summed E-state index contributed by atoms with van der Waals surface area (Å²) in [6.07, 6.45) is 7.25. The topological polar surface area (TPSA) is 46.5 Å². The summed E-state index contributed by atoms with van der Waals surface area (Å²) in [6, 6.07) is 7.94. The summed E-state index contributed by atoms with van der Waals surface area (Å²) in [6.45, 7) is 4.03. The van der Waals surface area contributed by atoms with Crippen LogP contribution in [0.1, 0.15) is 69.6 Å². The van der Waals surface area contributed by atoms with Crippen LogP contribution in [0, 0.1) is 0 Å². The molecule has 0 fully saturated rings. The van der Waals surface area contributed by atoms with E-state index in [0.717, 1.165) is 24.0 Å². The molecule has 0 saturated heterocycles. The molecular formula is C18H28O3. The average molecular weight is 292 g/mol. The molecule has 0 aliphatic heterocycles. The van der Waals surface area contributed by atoms with E-state index in [1.165, 1.54) is 32.6 Å². The Bertz CT molecular complexity index is 397. The molecule has 1 aromatic rings. The summed E-state index contributed by atoms with van der Waals surface area (Å²) in [5.74, 6) is -0.245. The molecule has 1 N–H and O–H groups in total. The van der Waals surface area contributed by atoms with Crippen LogP contribution >= 0.6 is 0 Å². The van der Waals surface area contributed by atoms with Gasteiger partial charge >= 0.3 is 5.97 Å². The lowest BCUT2D eigenvalue weighted by Gasteiger charge is -2.11. The van der Waals surface area contributed by atoms with Crippen LogP contribution in [-0.4, -0.2) is 17.7 Å². The first-order chi connectivity index (χ1) is 10.1. The summed E-state index contributed by atoms with van der Waals surface area (Å²) in [5.41, 5.74) is 2.09. The van der Waals surface area contributed by atoms with Crippen LogP contribution in [-0.2, 0) is 16.0 Å². The number of benzene rings is 1. The van der Waals surface area contributed by atoms with Gasteiger partial charge in [-0.3, -0.25) is 4.79 Å². The van der Waals surface area contributed by atoms with Crippen LogP contribution in [0.5, 0.6) is 0 Å². The van der Waals surface area contributed by atoms with Gasteiger partial charge in [0.15, 0.2) is 0 Å². The van der Waals surface area contributed by atoms with Gasteiger partial charge in [0, 0.05) is 13.3 Å². The van der Waals surface area contributed by atoms with E-state index in [9.17, 15) is 9.90 Å². The molecule has 0 heterocycles. The number of carbonyl (C=O) groups is 1. The minimum absolute atomic E-state index is 0.245. The third-order valence-electron chi connectivity index (χ3n) is 3.64. The van der Waals surface area contributed by atoms with Crippen LogP contribution < -0.4 is 0 Å². The maximum absolute atomic E-state index is 10.7. The van der Waals surface area contributed by atoms with E-state index in [-0.39, 0.29) is 12.1 Å². The number of aliphatic hydroxyl groups is 1. The predicted octanol–water partition coefficient (Wildman–Crippen LogP) is 4.19. The van der Waals surface area contributed by atoms with E-state index >= 15 is 0 Å². The number of hydrogen-bond acceptors (Lipinski definition) is 3. The number of ether oxygens (including phenoxy) is 1. The second kappa shape index (κ2) is 10.4. The number of hydrogen-bond donors (Lipinski definition) is 1. The molecule has 0 spiro atoms. The molecule has 0 amide bonds. The van der Waals surface area contributed by atoms with Crippen LogP contribution in [0.25, 0.3) is 0 Å². The van der Waals surface area contributed by atoms with Crippen molar-refractivity contribution in [1.82, 2.24) is 0 Å². The zero-order valence-corrected chi connectivity index (χ0v) is 13.3. The molecule has 1 unspecified atom stereocenters. The molecule has 0 aromatic heterocycles. The minimum Gasteiger partial charge on any atom is -0.466 e. The predicted molar refractivity (Wildman–Crippen MR) is 85.1 cm³/mol. The molecule has 21 heavy (non-hydrogen) atoms. The molecule has 1 aromatic carbocycles. The highest BCUT2D eigenvalue weighted by Gasteiger charge is 2.07. The average Bonchev–Trinajstić information content (AvgIpc) is 2.47. The lowest BCUT2D eigenvalue weighted by molar-refractivity contribution is -0.140. The van der Waals surface area contributed by atoms with Crippen molar-refractivity contribution in [3.8, 4) is 0 Å². The summed E-state index contributed by atoms with van der Waals surface area (Å²) in [5, 5.41) is 10.1. The van der Waals surface area contributed by atoms with Gasteiger partial charge in [0.2, 0.25) is 0 Å². The van der Waals surface area contributed by atoms with Crippen molar-refractivity contribution >= 4 is 5.97 Å². The fourth-order valence-corrected chi connectivity index (χ4v) is 2.33. The lowest BCUT2D eigenvalue weighted by Crippen LogP contribution is -2.03. The van der Waals surface area contributed by atoms with Crippen molar-refractivity contribution in [1.29, 1.82) is 0 Å². The van der Waals surface area contributed by atoms with E-state index in [0.29, 0.717) is 13.0 Å². The molecule has 3 heteroatoms. The number of unbranched alkanes of at least 4 members (excludes halogenated alkanes) is 4. The fourth-order valence-electron chi connectivity index (χ4n) is 2.33. The monoisotopic (exact) mass is 292 g/mol. The zero-order valence-electron chi connectivity index (χ0n) is 13.3. The second-order valence-electron chi connectivity index (χ2n) is 5.55. The van der Waals surface area contributed by atoms with Gasteiger partial charge in [-0.05, 0) is 17.5 Å². The summed E-state index contributed by atoms with van der Waals surface area (Å²) in [7, 11) is 0. The Morgan fingerprint density at radius 1 is 1.14 bits per heavy atom. The minimum atomic E-state index is -0.367. The number of aliphatic hydroxyl groups excluding tert-OH is 1. The molecule has 1 atom stereocenters. The lowest BCUT2D eigenvalue weighted by atomic mass is 10.0. The van der Waals surface area contributed by atoms with Gasteiger partial charge in [-0.15, -0.1) is 0 Å². The Kier molecular flexibility index (Phi) is 8.76. The smallest absolute Gasteiger partial charge is 0.302 e. The van der Waals surface area contributed by atoms with Gasteiger partial charge in [-0.2, -0.15) is 0 Å². The number of carbonyl (C=O) groups excluding carboxylic acids is 1. The normalized spacial score (nSPS) is 12.1. The number of esters is 1. The third-order valence-corrected chi connectivity index (χ3v) is 3.64. The van der Waals surface area contributed by atoms with Crippen molar-refractivity contribution in [2.75, 3.05) is 6.61 Å². The molecule has 0 saturated carbocycles. The van der Waals surface area contributed by atoms with Gasteiger partial charge in [-0.25, -0.2) is 0 Å². The van der Waals surface area contributed by atoms with Gasteiger partial charge < -0.3 is 9.84 Å². The van der Waals surface area contributed by atoms with Crippen molar-refractivity contribution < 1.29 is 14.6 Å². The first-order valence-corrected chi connectivity index (χ1v) is 8.03. The van der Waals surface area contributed by atoms with Crippen LogP contribution in [0.15, 0.2) is 24.3 Å². The second-order valence-corrected chi connectivity index (χ2v) is 5.55. The summed E-state index contributed by atoms with van der Waals surface area (Å²) in [4.78, 5) is 10.7. The Balaban J connectivity index is 2.30. The highest BCUT2D eigenvalue weighted by Crippen LogP contribution is 2.20. The van der Waals surface area contributed by atoms with Gasteiger partial charge in [0.05, 0.1) is 12.7 Å². The molecule has 118 valence electrons. The molecule has 1 rings (SSSR count). The molecule has 0 aliphatic rings. The molecule has 0 radical (unpaired) electrons. The Morgan fingerprint density at radius 3 is 2.43 bits per heavy atom.